The van der Waals surface area contributed by atoms with Crippen LogP contribution in [-0.4, -0.2) is 42.3 Å². The summed E-state index contributed by atoms with van der Waals surface area (Å²) in [5, 5.41) is 9.87. The summed E-state index contributed by atoms with van der Waals surface area (Å²) in [7, 11) is 0. The van der Waals surface area contributed by atoms with Gasteiger partial charge in [0.25, 0.3) is 0 Å². The van der Waals surface area contributed by atoms with E-state index in [-0.39, 0.29) is 17.8 Å². The van der Waals surface area contributed by atoms with E-state index in [2.05, 4.69) is 74.5 Å². The van der Waals surface area contributed by atoms with Gasteiger partial charge in [0.05, 0.1) is 6.67 Å². The van der Waals surface area contributed by atoms with Crippen molar-refractivity contribution in [1.29, 1.82) is 0 Å². The number of nitrogens with zero attached hydrogens (tertiary/aromatic N) is 1. The maximum atomic E-state index is 12.3. The van der Waals surface area contributed by atoms with Gasteiger partial charge in [0, 0.05) is 72.9 Å². The Hall–Kier alpha value is -2.87. The summed E-state index contributed by atoms with van der Waals surface area (Å²) in [6.45, 7) is 14.4. The average molecular weight is 490 g/mol. The van der Waals surface area contributed by atoms with E-state index in [1.165, 1.54) is 0 Å². The van der Waals surface area contributed by atoms with Gasteiger partial charge in [0.1, 0.15) is 0 Å². The summed E-state index contributed by atoms with van der Waals surface area (Å²) < 4.78 is 12.3. The van der Waals surface area contributed by atoms with E-state index >= 15 is 0 Å². The van der Waals surface area contributed by atoms with Gasteiger partial charge in [0.15, 0.2) is 0 Å². The molecule has 0 atom stereocenters. The van der Waals surface area contributed by atoms with Crippen molar-refractivity contribution in [2.45, 2.75) is 72.0 Å². The van der Waals surface area contributed by atoms with Crippen LogP contribution in [0.3, 0.4) is 0 Å². The maximum absolute atomic E-state index is 12.3. The summed E-state index contributed by atoms with van der Waals surface area (Å²) in [6.07, 6.45) is 6.83. The Morgan fingerprint density at radius 1 is 0.771 bits per heavy atom. The third kappa shape index (κ3) is 15.6. The molecule has 0 aliphatic heterocycles. The molecular weight excluding hydrogens is 441 g/mol. The predicted octanol–water partition coefficient (Wildman–Crippen LogP) is 3.16. The summed E-state index contributed by atoms with van der Waals surface area (Å²) in [4.78, 5) is 2.10. The molecule has 8 heteroatoms. The predicted molar refractivity (Wildman–Crippen MR) is 147 cm³/mol. The third-order valence-electron chi connectivity index (χ3n) is 4.82. The lowest BCUT2D eigenvalue weighted by Crippen LogP contribution is -2.38. The lowest BCUT2D eigenvalue weighted by atomic mass is 10.1. The molecule has 0 fully saturated rings. The Labute approximate surface area is 212 Å². The Morgan fingerprint density at radius 3 is 1.63 bits per heavy atom. The van der Waals surface area contributed by atoms with Gasteiger partial charge in [-0.2, -0.15) is 0 Å². The Bertz CT molecular complexity index is 797. The zero-order valence-electron chi connectivity index (χ0n) is 22.5. The van der Waals surface area contributed by atoms with Gasteiger partial charge in [-0.3, -0.25) is 9.29 Å². The first-order chi connectivity index (χ1) is 16.3. The maximum Gasteiger partial charge on any atom is 0.0897 e. The van der Waals surface area contributed by atoms with Crippen LogP contribution in [0.15, 0.2) is 60.0 Å². The van der Waals surface area contributed by atoms with Crippen LogP contribution in [0.5, 0.6) is 0 Å². The topological polar surface area (TPSA) is 117 Å². The molecule has 0 spiro atoms. The molecule has 7 nitrogen and oxygen atoms in total. The Morgan fingerprint density at radius 2 is 1.20 bits per heavy atom. The first kappa shape index (κ1) is 30.2. The number of hydrogen-bond acceptors (Lipinski definition) is 7. The molecule has 198 valence electrons. The molecule has 0 unspecified atom stereocenters. The lowest BCUT2D eigenvalue weighted by Gasteiger charge is -2.25. The minimum atomic E-state index is -0.284. The summed E-state index contributed by atoms with van der Waals surface area (Å²) in [5.74, 6) is 0. The minimum absolute atomic E-state index is 0.0701. The first-order valence-electron chi connectivity index (χ1n) is 12.3. The zero-order valence-corrected chi connectivity index (χ0v) is 22.5. The van der Waals surface area contributed by atoms with Crippen LogP contribution in [-0.2, 0) is 13.0 Å². The molecule has 0 aromatic heterocycles. The number of hydrogen-bond donors (Lipinski definition) is 6. The second-order valence-corrected chi connectivity index (χ2v) is 11.1. The van der Waals surface area contributed by atoms with Gasteiger partial charge in [0.2, 0.25) is 0 Å². The number of nitrogens with two attached hydrogens (primary N) is 3. The van der Waals surface area contributed by atoms with Crippen LogP contribution in [0.1, 0.15) is 59.1 Å². The molecule has 0 radical (unpaired) electrons. The van der Waals surface area contributed by atoms with Crippen molar-refractivity contribution in [3.05, 3.63) is 71.1 Å². The van der Waals surface area contributed by atoms with Crippen molar-refractivity contribution in [1.82, 2.24) is 20.9 Å². The molecule has 0 heterocycles. The van der Waals surface area contributed by atoms with Gasteiger partial charge in [-0.1, -0.05) is 24.3 Å². The zero-order chi connectivity index (χ0) is 26.5. The summed E-state index contributed by atoms with van der Waals surface area (Å²) in [6, 6.07) is 8.20. The average Bonchev–Trinajstić information content (AvgIpc) is 2.75. The fourth-order valence-corrected chi connectivity index (χ4v) is 3.09. The van der Waals surface area contributed by atoms with Crippen LogP contribution in [0.25, 0.3) is 0 Å². The number of alkyl halides is 1. The molecule has 1 aromatic rings. The first-order valence-corrected chi connectivity index (χ1v) is 12.3. The molecule has 0 saturated carbocycles. The number of nitrogens with one attached hydrogen (secondary N) is 3. The third-order valence-corrected chi connectivity index (χ3v) is 4.82. The standard InChI is InChI=1S/C27H48FN7/c1-26(2,3)33-16-24(30)19-35(20-25(31)17-34-27(4,5)6)18-23(29)15-32-14-22-11-9-21(10-12-22)8-7-13-28/h9-12,15-17,32-34H,7-8,13-14,18-20,29-31H2,1-6H3/b23-15-,24-16-,25-17-. The fourth-order valence-electron chi connectivity index (χ4n) is 3.09. The highest BCUT2D eigenvalue weighted by Crippen LogP contribution is 2.08. The number of benzene rings is 1. The van der Waals surface area contributed by atoms with E-state index in [9.17, 15) is 4.39 Å². The van der Waals surface area contributed by atoms with Crippen LogP contribution < -0.4 is 33.2 Å². The highest BCUT2D eigenvalue weighted by atomic mass is 19.1. The molecule has 0 saturated heterocycles. The molecular formula is C27H48FN7. The summed E-state index contributed by atoms with van der Waals surface area (Å²) >= 11 is 0. The van der Waals surface area contributed by atoms with Crippen LogP contribution in [0, 0.1) is 0 Å². The van der Waals surface area contributed by atoms with Crippen LogP contribution in [0.4, 0.5) is 4.39 Å². The summed E-state index contributed by atoms with van der Waals surface area (Å²) in [5.41, 5.74) is 23.1. The molecule has 1 rings (SSSR count). The van der Waals surface area contributed by atoms with Crippen molar-refractivity contribution in [3.63, 3.8) is 0 Å². The second-order valence-electron chi connectivity index (χ2n) is 11.1. The van der Waals surface area contributed by atoms with Crippen molar-refractivity contribution in [2.24, 2.45) is 17.2 Å². The number of aryl methyl sites for hydroxylation is 1. The molecule has 0 aliphatic rings. The fraction of sp³-hybridized carbons (Fsp3) is 0.556. The number of halogens is 1. The van der Waals surface area contributed by atoms with Crippen LogP contribution in [0.2, 0.25) is 0 Å². The van der Waals surface area contributed by atoms with E-state index in [1.54, 1.807) is 0 Å². The second kappa shape index (κ2) is 14.5. The lowest BCUT2D eigenvalue weighted by molar-refractivity contribution is 0.340. The van der Waals surface area contributed by atoms with Crippen molar-refractivity contribution in [3.8, 4) is 0 Å². The number of rotatable bonds is 14. The largest absolute Gasteiger partial charge is 0.400 e. The Kier molecular flexibility index (Phi) is 12.5. The van der Waals surface area contributed by atoms with Gasteiger partial charge < -0.3 is 33.2 Å². The highest BCUT2D eigenvalue weighted by Gasteiger charge is 2.12. The smallest absolute Gasteiger partial charge is 0.0897 e. The van der Waals surface area contributed by atoms with Crippen molar-refractivity contribution >= 4 is 0 Å². The molecule has 1 aromatic carbocycles. The van der Waals surface area contributed by atoms with Gasteiger partial charge in [-0.25, -0.2) is 0 Å². The van der Waals surface area contributed by atoms with Gasteiger partial charge in [-0.15, -0.1) is 0 Å². The van der Waals surface area contributed by atoms with E-state index in [4.69, 9.17) is 17.2 Å². The molecule has 0 amide bonds. The van der Waals surface area contributed by atoms with Crippen molar-refractivity contribution < 1.29 is 4.39 Å². The molecule has 0 bridgehead atoms. The van der Waals surface area contributed by atoms with Crippen LogP contribution >= 0.6 is 0 Å². The molecule has 35 heavy (non-hydrogen) atoms. The van der Waals surface area contributed by atoms with E-state index in [0.29, 0.717) is 49.7 Å². The highest BCUT2D eigenvalue weighted by molar-refractivity contribution is 5.23. The minimum Gasteiger partial charge on any atom is -0.400 e. The molecule has 0 aliphatic carbocycles. The normalized spacial score (nSPS) is 13.8. The van der Waals surface area contributed by atoms with Gasteiger partial charge >= 0.3 is 0 Å². The Balaban J connectivity index is 2.77. The monoisotopic (exact) mass is 489 g/mol. The quantitative estimate of drug-likeness (QED) is 0.238. The van der Waals surface area contributed by atoms with Gasteiger partial charge in [-0.05, 0) is 65.5 Å². The molecule has 9 N–H and O–H groups in total. The van der Waals surface area contributed by atoms with E-state index < -0.39 is 0 Å². The SMILES string of the molecule is CC(C)(C)N/C=C(\N)CN(C/C(N)=C/NCc1ccc(CCCF)cc1)C/C(N)=C/NC(C)(C)C. The van der Waals surface area contributed by atoms with Crippen molar-refractivity contribution in [2.75, 3.05) is 26.3 Å². The van der Waals surface area contributed by atoms with E-state index in [1.807, 2.05) is 30.7 Å². The van der Waals surface area contributed by atoms with E-state index in [0.717, 1.165) is 17.5 Å².